The minimum Gasteiger partial charge on any atom is -0.274 e. The number of amides is 2. The summed E-state index contributed by atoms with van der Waals surface area (Å²) in [7, 11) is 0. The van der Waals surface area contributed by atoms with E-state index in [0.717, 1.165) is 0 Å². The maximum atomic E-state index is 10.4. The van der Waals surface area contributed by atoms with Gasteiger partial charge in [0.2, 0.25) is 5.91 Å². The molecule has 1 rings (SSSR count). The van der Waals surface area contributed by atoms with Crippen molar-refractivity contribution in [2.45, 2.75) is 6.42 Å². The van der Waals surface area contributed by atoms with Crippen molar-refractivity contribution in [2.75, 3.05) is 6.54 Å². The Morgan fingerprint density at radius 2 is 2.38 bits per heavy atom. The Morgan fingerprint density at radius 3 is 2.38 bits per heavy atom. The Hall–Kier alpha value is -0.130. The number of carbonyl (C=O) groups excluding carboxylic acids is 2. The standard InChI is InChI=1S/C4H4INO2/c5-4(8)6-2-1-3(6)7/h1-2H2. The average Bonchev–Trinajstić information content (AvgIpc) is 1.61. The molecular formula is C4H4INO2. The van der Waals surface area contributed by atoms with Crippen LogP contribution in [-0.2, 0) is 4.79 Å². The predicted octanol–water partition coefficient (Wildman–Crippen LogP) is 0.774. The fourth-order valence-corrected chi connectivity index (χ4v) is 1.01. The molecule has 0 spiro atoms. The summed E-state index contributed by atoms with van der Waals surface area (Å²) in [5.74, 6) is -0.0515. The Kier molecular flexibility index (Phi) is 1.50. The second-order valence-electron chi connectivity index (χ2n) is 1.55. The van der Waals surface area contributed by atoms with Gasteiger partial charge in [-0.25, -0.2) is 0 Å². The maximum Gasteiger partial charge on any atom is 0.289 e. The molecule has 0 aromatic rings. The molecule has 0 bridgehead atoms. The van der Waals surface area contributed by atoms with Crippen LogP contribution in [0.4, 0.5) is 4.79 Å². The van der Waals surface area contributed by atoms with E-state index in [-0.39, 0.29) is 9.82 Å². The Bertz CT molecular complexity index is 137. The van der Waals surface area contributed by atoms with Crippen molar-refractivity contribution in [1.29, 1.82) is 0 Å². The molecule has 0 saturated carbocycles. The fourth-order valence-electron chi connectivity index (χ4n) is 0.501. The first-order chi connectivity index (χ1) is 3.72. The minimum atomic E-state index is -0.168. The van der Waals surface area contributed by atoms with Crippen LogP contribution in [0, 0.1) is 0 Å². The summed E-state index contributed by atoms with van der Waals surface area (Å²) >= 11 is 1.60. The molecule has 3 nitrogen and oxygen atoms in total. The van der Waals surface area contributed by atoms with Crippen molar-refractivity contribution >= 4 is 32.4 Å². The van der Waals surface area contributed by atoms with Gasteiger partial charge in [0.1, 0.15) is 0 Å². The van der Waals surface area contributed by atoms with Crippen LogP contribution in [0.2, 0.25) is 0 Å². The van der Waals surface area contributed by atoms with Crippen LogP contribution >= 0.6 is 22.6 Å². The number of rotatable bonds is 0. The third-order valence-electron chi connectivity index (χ3n) is 1.06. The first-order valence-corrected chi connectivity index (χ1v) is 3.29. The highest BCUT2D eigenvalue weighted by Crippen LogP contribution is 2.11. The number of hydrogen-bond donors (Lipinski definition) is 0. The van der Waals surface area contributed by atoms with Gasteiger partial charge in [0, 0.05) is 35.6 Å². The summed E-state index contributed by atoms with van der Waals surface area (Å²) in [6, 6.07) is 0. The summed E-state index contributed by atoms with van der Waals surface area (Å²) in [5.41, 5.74) is 0. The van der Waals surface area contributed by atoms with Crippen LogP contribution in [-0.4, -0.2) is 21.3 Å². The minimum absolute atomic E-state index is 0.0515. The Balaban J connectivity index is 2.49. The zero-order valence-electron chi connectivity index (χ0n) is 4.06. The smallest absolute Gasteiger partial charge is 0.274 e. The second-order valence-corrected chi connectivity index (χ2v) is 2.47. The van der Waals surface area contributed by atoms with Crippen molar-refractivity contribution in [1.82, 2.24) is 4.90 Å². The molecule has 1 heterocycles. The lowest BCUT2D eigenvalue weighted by Gasteiger charge is -2.25. The zero-order valence-corrected chi connectivity index (χ0v) is 6.21. The number of halogens is 1. The van der Waals surface area contributed by atoms with E-state index in [4.69, 9.17) is 0 Å². The average molecular weight is 225 g/mol. The number of β-lactam (4-membered cyclic amide) rings is 1. The molecule has 1 aliphatic heterocycles. The molecule has 1 fully saturated rings. The lowest BCUT2D eigenvalue weighted by molar-refractivity contribution is -0.134. The monoisotopic (exact) mass is 225 g/mol. The van der Waals surface area contributed by atoms with Crippen LogP contribution in [0.25, 0.3) is 0 Å². The highest BCUT2D eigenvalue weighted by molar-refractivity contribution is 14.1. The lowest BCUT2D eigenvalue weighted by Crippen LogP contribution is -2.44. The number of likely N-dealkylation sites (tertiary alicyclic amines) is 1. The van der Waals surface area contributed by atoms with Crippen molar-refractivity contribution in [2.24, 2.45) is 0 Å². The van der Waals surface area contributed by atoms with Gasteiger partial charge in [-0.3, -0.25) is 14.5 Å². The third kappa shape index (κ3) is 0.841. The van der Waals surface area contributed by atoms with E-state index in [1.165, 1.54) is 4.90 Å². The first kappa shape index (κ1) is 6.00. The van der Waals surface area contributed by atoms with E-state index in [0.29, 0.717) is 13.0 Å². The normalized spacial score (nSPS) is 18.1. The molecule has 0 aliphatic carbocycles. The van der Waals surface area contributed by atoms with Gasteiger partial charge in [0.05, 0.1) is 0 Å². The molecule has 0 N–H and O–H groups in total. The molecule has 4 heteroatoms. The van der Waals surface area contributed by atoms with Gasteiger partial charge in [0.15, 0.2) is 0 Å². The van der Waals surface area contributed by atoms with Crippen molar-refractivity contribution < 1.29 is 9.59 Å². The quantitative estimate of drug-likeness (QED) is 0.264. The van der Waals surface area contributed by atoms with E-state index >= 15 is 0 Å². The largest absolute Gasteiger partial charge is 0.289 e. The zero-order chi connectivity index (χ0) is 6.15. The molecule has 0 aromatic carbocycles. The third-order valence-corrected chi connectivity index (χ3v) is 1.64. The van der Waals surface area contributed by atoms with Crippen LogP contribution < -0.4 is 0 Å². The molecule has 2 amide bonds. The number of nitrogens with zero attached hydrogens (tertiary/aromatic N) is 1. The van der Waals surface area contributed by atoms with Crippen molar-refractivity contribution in [3.63, 3.8) is 0 Å². The SMILES string of the molecule is O=C(I)N1CCC1=O. The topological polar surface area (TPSA) is 37.4 Å². The van der Waals surface area contributed by atoms with E-state index < -0.39 is 0 Å². The van der Waals surface area contributed by atoms with Gasteiger partial charge in [-0.05, 0) is 0 Å². The second kappa shape index (κ2) is 2.00. The van der Waals surface area contributed by atoms with E-state index in [1.807, 2.05) is 0 Å². The van der Waals surface area contributed by atoms with Gasteiger partial charge in [-0.2, -0.15) is 0 Å². The molecule has 1 aliphatic rings. The van der Waals surface area contributed by atoms with Crippen LogP contribution in [0.5, 0.6) is 0 Å². The molecular weight excluding hydrogens is 221 g/mol. The molecule has 0 radical (unpaired) electrons. The number of imide groups is 1. The highest BCUT2D eigenvalue weighted by atomic mass is 127. The molecule has 0 unspecified atom stereocenters. The molecule has 0 aromatic heterocycles. The molecule has 1 saturated heterocycles. The van der Waals surface area contributed by atoms with Crippen LogP contribution in [0.3, 0.4) is 0 Å². The van der Waals surface area contributed by atoms with Crippen LogP contribution in [0.1, 0.15) is 6.42 Å². The molecule has 0 atom stereocenters. The summed E-state index contributed by atoms with van der Waals surface area (Å²) in [4.78, 5) is 21.9. The van der Waals surface area contributed by atoms with E-state index in [2.05, 4.69) is 0 Å². The van der Waals surface area contributed by atoms with Gasteiger partial charge >= 0.3 is 0 Å². The fraction of sp³-hybridized carbons (Fsp3) is 0.500. The molecule has 8 heavy (non-hydrogen) atoms. The predicted molar refractivity (Wildman–Crippen MR) is 35.7 cm³/mol. The van der Waals surface area contributed by atoms with Gasteiger partial charge < -0.3 is 0 Å². The summed E-state index contributed by atoms with van der Waals surface area (Å²) in [6.07, 6.45) is 0.536. The highest BCUT2D eigenvalue weighted by Gasteiger charge is 2.27. The van der Waals surface area contributed by atoms with Gasteiger partial charge in [-0.15, -0.1) is 0 Å². The Labute approximate surface area is 60.2 Å². The maximum absolute atomic E-state index is 10.4. The first-order valence-electron chi connectivity index (χ1n) is 2.21. The van der Waals surface area contributed by atoms with E-state index in [1.54, 1.807) is 22.6 Å². The lowest BCUT2D eigenvalue weighted by atomic mass is 10.2. The summed E-state index contributed by atoms with van der Waals surface area (Å²) in [5, 5.41) is 0. The van der Waals surface area contributed by atoms with Gasteiger partial charge in [-0.1, -0.05) is 0 Å². The summed E-state index contributed by atoms with van der Waals surface area (Å²) in [6.45, 7) is 0.612. The Morgan fingerprint density at radius 1 is 1.75 bits per heavy atom. The number of carbonyl (C=O) groups is 2. The molecule has 44 valence electrons. The van der Waals surface area contributed by atoms with Crippen molar-refractivity contribution in [3.8, 4) is 0 Å². The van der Waals surface area contributed by atoms with Gasteiger partial charge in [0.25, 0.3) is 3.91 Å². The number of hydrogen-bond acceptors (Lipinski definition) is 2. The van der Waals surface area contributed by atoms with Crippen LogP contribution in [0.15, 0.2) is 0 Å². The summed E-state index contributed by atoms with van der Waals surface area (Å²) < 4.78 is -0.168. The van der Waals surface area contributed by atoms with Crippen molar-refractivity contribution in [3.05, 3.63) is 0 Å². The van der Waals surface area contributed by atoms with E-state index in [9.17, 15) is 9.59 Å².